The van der Waals surface area contributed by atoms with Crippen LogP contribution in [0.15, 0.2) is 57.7 Å². The van der Waals surface area contributed by atoms with Crippen molar-refractivity contribution in [1.29, 1.82) is 0 Å². The molecule has 0 saturated carbocycles. The molecular weight excluding hydrogens is 432 g/mol. The van der Waals surface area contributed by atoms with Crippen LogP contribution >= 0.6 is 0 Å². The van der Waals surface area contributed by atoms with Crippen molar-refractivity contribution in [2.45, 2.75) is 38.1 Å². The quantitative estimate of drug-likeness (QED) is 0.617. The fourth-order valence-corrected chi connectivity index (χ4v) is 5.07. The van der Waals surface area contributed by atoms with E-state index in [1.165, 1.54) is 44.5 Å². The van der Waals surface area contributed by atoms with Crippen LogP contribution in [0.5, 0.6) is 11.5 Å². The number of rotatable bonds is 5. The van der Waals surface area contributed by atoms with Crippen molar-refractivity contribution in [3.8, 4) is 22.8 Å². The first kappa shape index (κ1) is 22.5. The summed E-state index contributed by atoms with van der Waals surface area (Å²) in [7, 11) is 0. The van der Waals surface area contributed by atoms with Crippen molar-refractivity contribution in [2.75, 3.05) is 32.8 Å². The molecule has 0 radical (unpaired) electrons. The van der Waals surface area contributed by atoms with Gasteiger partial charge in [0.2, 0.25) is 0 Å². The molecule has 1 aromatic heterocycles. The lowest BCUT2D eigenvalue weighted by atomic mass is 10.00. The number of phenolic OH excluding ortho intramolecular Hbond substituents is 1. The Balaban J connectivity index is 1.25. The fraction of sp³-hybridized carbons (Fsp3) is 0.407. The summed E-state index contributed by atoms with van der Waals surface area (Å²) in [6, 6.07) is 14.1. The predicted molar refractivity (Wildman–Crippen MR) is 130 cm³/mol. The van der Waals surface area contributed by atoms with Crippen LogP contribution in [0.3, 0.4) is 0 Å². The third-order valence-electron chi connectivity index (χ3n) is 6.93. The van der Waals surface area contributed by atoms with Gasteiger partial charge in [0, 0.05) is 42.9 Å². The van der Waals surface area contributed by atoms with Gasteiger partial charge < -0.3 is 24.1 Å². The van der Waals surface area contributed by atoms with Gasteiger partial charge >= 0.3 is 0 Å². The zero-order chi connectivity index (χ0) is 23.5. The molecule has 3 heterocycles. The van der Waals surface area contributed by atoms with E-state index in [0.29, 0.717) is 11.8 Å². The number of fused-ring (bicyclic) bond motifs is 1. The summed E-state index contributed by atoms with van der Waals surface area (Å²) in [5.41, 5.74) is 0.642. The molecular formula is C27H30N2O5. The van der Waals surface area contributed by atoms with Gasteiger partial charge in [0.05, 0.1) is 0 Å². The van der Waals surface area contributed by atoms with Gasteiger partial charge in [0.1, 0.15) is 28.2 Å². The number of carbonyl (C=O) groups is 1. The molecule has 0 aliphatic carbocycles. The van der Waals surface area contributed by atoms with Gasteiger partial charge in [-0.15, -0.1) is 0 Å². The topological polar surface area (TPSA) is 83.2 Å². The van der Waals surface area contributed by atoms with E-state index >= 15 is 0 Å². The highest BCUT2D eigenvalue weighted by molar-refractivity contribution is 5.86. The van der Waals surface area contributed by atoms with Crippen molar-refractivity contribution >= 4 is 16.9 Å². The van der Waals surface area contributed by atoms with E-state index in [1.54, 1.807) is 6.07 Å². The highest BCUT2D eigenvalue weighted by Gasteiger charge is 2.27. The number of phenols is 1. The van der Waals surface area contributed by atoms with Crippen LogP contribution < -0.4 is 10.2 Å². The SMILES string of the molecule is O=C(COc1cc(O)c2c(=O)cc(-c3ccccc3)oc2c1)N1CCC(N2CCCCC2)CC1. The van der Waals surface area contributed by atoms with Gasteiger partial charge in [-0.1, -0.05) is 36.8 Å². The third-order valence-corrected chi connectivity index (χ3v) is 6.93. The standard InChI is InChI=1S/C27H30N2O5/c30-22-15-21(16-25-27(22)23(31)17-24(34-25)19-7-3-1-4-8-19)33-18-26(32)29-13-9-20(10-14-29)28-11-5-2-6-12-28/h1,3-4,7-8,15-17,20,30H,2,5-6,9-14,18H2. The molecule has 2 aromatic carbocycles. The third kappa shape index (κ3) is 4.80. The number of hydrogen-bond donors (Lipinski definition) is 1. The van der Waals surface area contributed by atoms with E-state index in [9.17, 15) is 14.7 Å². The van der Waals surface area contributed by atoms with E-state index in [1.807, 2.05) is 35.2 Å². The molecule has 2 fully saturated rings. The molecule has 178 valence electrons. The summed E-state index contributed by atoms with van der Waals surface area (Å²) in [6.45, 7) is 3.70. The van der Waals surface area contributed by atoms with Gasteiger partial charge in [0.15, 0.2) is 12.0 Å². The molecule has 3 aromatic rings. The van der Waals surface area contributed by atoms with Crippen LogP contribution in [-0.2, 0) is 4.79 Å². The molecule has 1 N–H and O–H groups in total. The maximum atomic E-state index is 12.7. The summed E-state index contributed by atoms with van der Waals surface area (Å²) in [5.74, 6) is 0.393. The number of aromatic hydroxyl groups is 1. The Morgan fingerprint density at radius 1 is 1.00 bits per heavy atom. The van der Waals surface area contributed by atoms with Crippen molar-refractivity contribution in [3.05, 3.63) is 58.8 Å². The zero-order valence-electron chi connectivity index (χ0n) is 19.2. The largest absolute Gasteiger partial charge is 0.507 e. The molecule has 7 nitrogen and oxygen atoms in total. The highest BCUT2D eigenvalue weighted by atomic mass is 16.5. The summed E-state index contributed by atoms with van der Waals surface area (Å²) in [5, 5.41) is 10.5. The van der Waals surface area contributed by atoms with Gasteiger partial charge in [0.25, 0.3) is 5.91 Å². The first-order valence-corrected chi connectivity index (χ1v) is 12.1. The van der Waals surface area contributed by atoms with Gasteiger partial charge in [-0.3, -0.25) is 9.59 Å². The number of hydrogen-bond acceptors (Lipinski definition) is 6. The van der Waals surface area contributed by atoms with Crippen LogP contribution in [0.1, 0.15) is 32.1 Å². The fourth-order valence-electron chi connectivity index (χ4n) is 5.07. The lowest BCUT2D eigenvalue weighted by molar-refractivity contribution is -0.135. The number of amides is 1. The average molecular weight is 463 g/mol. The molecule has 0 spiro atoms. The number of carbonyl (C=O) groups excluding carboxylic acids is 1. The molecule has 0 atom stereocenters. The lowest BCUT2D eigenvalue weighted by Crippen LogP contribution is -2.49. The Morgan fingerprint density at radius 2 is 1.74 bits per heavy atom. The van der Waals surface area contributed by atoms with Crippen LogP contribution in [0.2, 0.25) is 0 Å². The predicted octanol–water partition coefficient (Wildman–Crippen LogP) is 4.02. The highest BCUT2D eigenvalue weighted by Crippen LogP contribution is 2.31. The van der Waals surface area contributed by atoms with Crippen LogP contribution in [0.4, 0.5) is 0 Å². The Labute approximate surface area is 198 Å². The van der Waals surface area contributed by atoms with E-state index in [-0.39, 0.29) is 40.4 Å². The molecule has 0 unspecified atom stereocenters. The van der Waals surface area contributed by atoms with E-state index in [2.05, 4.69) is 4.90 Å². The molecule has 5 rings (SSSR count). The van der Waals surface area contributed by atoms with Crippen molar-refractivity contribution < 1.29 is 19.1 Å². The van der Waals surface area contributed by atoms with Gasteiger partial charge in [-0.05, 0) is 38.8 Å². The molecule has 2 saturated heterocycles. The average Bonchev–Trinajstić information content (AvgIpc) is 2.88. The Bertz CT molecular complexity index is 1210. The van der Waals surface area contributed by atoms with E-state index < -0.39 is 0 Å². The zero-order valence-corrected chi connectivity index (χ0v) is 19.2. The Kier molecular flexibility index (Phi) is 6.54. The second kappa shape index (κ2) is 9.89. The summed E-state index contributed by atoms with van der Waals surface area (Å²) >= 11 is 0. The summed E-state index contributed by atoms with van der Waals surface area (Å²) in [6.07, 6.45) is 5.87. The number of ether oxygens (including phenoxy) is 1. The first-order valence-electron chi connectivity index (χ1n) is 12.1. The molecule has 0 bridgehead atoms. The van der Waals surface area contributed by atoms with Crippen molar-refractivity contribution in [2.24, 2.45) is 0 Å². The summed E-state index contributed by atoms with van der Waals surface area (Å²) < 4.78 is 11.6. The number of benzene rings is 2. The van der Waals surface area contributed by atoms with Gasteiger partial charge in [-0.2, -0.15) is 0 Å². The molecule has 7 heteroatoms. The molecule has 1 amide bonds. The number of nitrogens with zero attached hydrogens (tertiary/aromatic N) is 2. The maximum absolute atomic E-state index is 12.7. The second-order valence-electron chi connectivity index (χ2n) is 9.15. The Hall–Kier alpha value is -3.32. The molecule has 34 heavy (non-hydrogen) atoms. The van der Waals surface area contributed by atoms with E-state index in [0.717, 1.165) is 31.5 Å². The minimum atomic E-state index is -0.336. The number of likely N-dealkylation sites (tertiary alicyclic amines) is 2. The van der Waals surface area contributed by atoms with Crippen molar-refractivity contribution in [1.82, 2.24) is 9.80 Å². The van der Waals surface area contributed by atoms with Gasteiger partial charge in [-0.25, -0.2) is 0 Å². The smallest absolute Gasteiger partial charge is 0.260 e. The minimum Gasteiger partial charge on any atom is -0.507 e. The Morgan fingerprint density at radius 3 is 2.47 bits per heavy atom. The first-order chi connectivity index (χ1) is 16.6. The lowest BCUT2D eigenvalue weighted by Gasteiger charge is -2.40. The maximum Gasteiger partial charge on any atom is 0.260 e. The van der Waals surface area contributed by atoms with E-state index in [4.69, 9.17) is 9.15 Å². The molecule has 2 aliphatic heterocycles. The summed E-state index contributed by atoms with van der Waals surface area (Å²) in [4.78, 5) is 29.8. The second-order valence-corrected chi connectivity index (χ2v) is 9.15. The monoisotopic (exact) mass is 462 g/mol. The van der Waals surface area contributed by atoms with Crippen LogP contribution in [-0.4, -0.2) is 59.6 Å². The van der Waals surface area contributed by atoms with Crippen molar-refractivity contribution in [3.63, 3.8) is 0 Å². The molecule has 2 aliphatic rings. The van der Waals surface area contributed by atoms with Crippen LogP contribution in [0.25, 0.3) is 22.3 Å². The normalized spacial score (nSPS) is 17.7. The van der Waals surface area contributed by atoms with Crippen LogP contribution in [0, 0.1) is 0 Å². The number of piperidine rings is 2. The minimum absolute atomic E-state index is 0.0730.